The Morgan fingerprint density at radius 3 is 2.62 bits per heavy atom. The molecule has 1 heterocycles. The zero-order valence-electron chi connectivity index (χ0n) is 10.7. The average molecular weight is 225 g/mol. The number of rotatable bonds is 3. The van der Waals surface area contributed by atoms with Crippen molar-refractivity contribution in [2.45, 2.75) is 70.4 Å². The van der Waals surface area contributed by atoms with Crippen molar-refractivity contribution in [2.75, 3.05) is 13.1 Å². The summed E-state index contributed by atoms with van der Waals surface area (Å²) >= 11 is 0. The number of hydrogen-bond donors (Lipinski definition) is 1. The van der Waals surface area contributed by atoms with Gasteiger partial charge in [0.15, 0.2) is 0 Å². The van der Waals surface area contributed by atoms with Gasteiger partial charge in [-0.2, -0.15) is 0 Å². The van der Waals surface area contributed by atoms with Crippen molar-refractivity contribution in [1.82, 2.24) is 4.90 Å². The van der Waals surface area contributed by atoms with E-state index in [1.807, 2.05) is 0 Å². The maximum atomic E-state index is 9.96. The fourth-order valence-corrected chi connectivity index (χ4v) is 3.56. The lowest BCUT2D eigenvalue weighted by atomic mass is 9.96. The summed E-state index contributed by atoms with van der Waals surface area (Å²) in [5.74, 6) is 0.952. The van der Waals surface area contributed by atoms with Crippen molar-refractivity contribution < 1.29 is 5.11 Å². The van der Waals surface area contributed by atoms with Gasteiger partial charge in [0.1, 0.15) is 0 Å². The topological polar surface area (TPSA) is 23.5 Å². The second kappa shape index (κ2) is 6.02. The van der Waals surface area contributed by atoms with Crippen molar-refractivity contribution in [3.05, 3.63) is 0 Å². The first-order valence-corrected chi connectivity index (χ1v) is 7.23. The van der Waals surface area contributed by atoms with Crippen LogP contribution in [0.5, 0.6) is 0 Å². The average Bonchev–Trinajstić information content (AvgIpc) is 2.57. The first-order chi connectivity index (χ1) is 7.81. The van der Waals surface area contributed by atoms with Gasteiger partial charge in [0.05, 0.1) is 6.10 Å². The maximum absolute atomic E-state index is 9.96. The van der Waals surface area contributed by atoms with Gasteiger partial charge in [0, 0.05) is 6.04 Å². The van der Waals surface area contributed by atoms with Crippen LogP contribution in [0.1, 0.15) is 58.3 Å². The van der Waals surface area contributed by atoms with Gasteiger partial charge in [-0.15, -0.1) is 0 Å². The summed E-state index contributed by atoms with van der Waals surface area (Å²) in [6.07, 6.45) is 10.3. The van der Waals surface area contributed by atoms with E-state index in [1.54, 1.807) is 0 Å². The van der Waals surface area contributed by atoms with Crippen molar-refractivity contribution in [2.24, 2.45) is 5.92 Å². The molecule has 0 aromatic heterocycles. The van der Waals surface area contributed by atoms with Gasteiger partial charge in [0.25, 0.3) is 0 Å². The van der Waals surface area contributed by atoms with Gasteiger partial charge < -0.3 is 5.11 Å². The molecule has 94 valence electrons. The highest BCUT2D eigenvalue weighted by molar-refractivity contribution is 4.86. The quantitative estimate of drug-likeness (QED) is 0.798. The van der Waals surface area contributed by atoms with Crippen LogP contribution < -0.4 is 0 Å². The number of likely N-dealkylation sites (tertiary alicyclic amines) is 1. The summed E-state index contributed by atoms with van der Waals surface area (Å²) in [5.41, 5.74) is 0. The molecule has 1 saturated heterocycles. The third-order valence-corrected chi connectivity index (χ3v) is 4.49. The second-order valence-electron chi connectivity index (χ2n) is 5.69. The Bertz CT molecular complexity index is 207. The highest BCUT2D eigenvalue weighted by atomic mass is 16.3. The molecule has 1 saturated carbocycles. The molecule has 0 radical (unpaired) electrons. The lowest BCUT2D eigenvalue weighted by Gasteiger charge is -2.29. The minimum atomic E-state index is -0.0391. The van der Waals surface area contributed by atoms with E-state index in [-0.39, 0.29) is 6.10 Å². The Hall–Kier alpha value is -0.0800. The predicted octanol–water partition coefficient (Wildman–Crippen LogP) is 2.80. The minimum Gasteiger partial charge on any atom is -0.391 e. The third kappa shape index (κ3) is 2.98. The zero-order valence-corrected chi connectivity index (χ0v) is 10.7. The fraction of sp³-hybridized carbons (Fsp3) is 1.00. The summed E-state index contributed by atoms with van der Waals surface area (Å²) in [4.78, 5) is 2.58. The van der Waals surface area contributed by atoms with Crippen LogP contribution in [0.4, 0.5) is 0 Å². The molecule has 0 amide bonds. The molecule has 2 aliphatic rings. The van der Waals surface area contributed by atoms with Crippen molar-refractivity contribution in [3.63, 3.8) is 0 Å². The van der Waals surface area contributed by atoms with Crippen LogP contribution in [-0.4, -0.2) is 35.2 Å². The highest BCUT2D eigenvalue weighted by Crippen LogP contribution is 2.28. The van der Waals surface area contributed by atoms with E-state index in [2.05, 4.69) is 11.8 Å². The highest BCUT2D eigenvalue weighted by Gasteiger charge is 2.31. The standard InChI is InChI=1S/C14H27NO/c1-2-5-12-6-4-10-15(11-9-12)13-7-3-8-14(13)16/h12-14,16H,2-11H2,1H3/t12?,13-,14-/m0/s1. The first-order valence-electron chi connectivity index (χ1n) is 7.23. The van der Waals surface area contributed by atoms with Crippen molar-refractivity contribution >= 4 is 0 Å². The predicted molar refractivity (Wildman–Crippen MR) is 67.5 cm³/mol. The van der Waals surface area contributed by atoms with Crippen molar-refractivity contribution in [3.8, 4) is 0 Å². The third-order valence-electron chi connectivity index (χ3n) is 4.49. The van der Waals surface area contributed by atoms with E-state index >= 15 is 0 Å². The monoisotopic (exact) mass is 225 g/mol. The molecule has 1 unspecified atom stereocenters. The summed E-state index contributed by atoms with van der Waals surface area (Å²) in [6, 6.07) is 0.486. The van der Waals surface area contributed by atoms with Gasteiger partial charge in [-0.1, -0.05) is 19.8 Å². The summed E-state index contributed by atoms with van der Waals surface area (Å²) < 4.78 is 0. The lowest BCUT2D eigenvalue weighted by Crippen LogP contribution is -2.41. The normalized spacial score (nSPS) is 37.5. The number of aliphatic hydroxyl groups is 1. The minimum absolute atomic E-state index is 0.0391. The molecule has 2 rings (SSSR count). The van der Waals surface area contributed by atoms with Crippen LogP contribution in [0.3, 0.4) is 0 Å². The number of hydrogen-bond acceptors (Lipinski definition) is 2. The van der Waals surface area contributed by atoms with Gasteiger partial charge in [-0.25, -0.2) is 0 Å². The number of nitrogens with zero attached hydrogens (tertiary/aromatic N) is 1. The Balaban J connectivity index is 1.83. The van der Waals surface area contributed by atoms with Crippen LogP contribution in [0.15, 0.2) is 0 Å². The molecule has 1 N–H and O–H groups in total. The first kappa shape index (κ1) is 12.4. The van der Waals surface area contributed by atoms with E-state index in [0.717, 1.165) is 12.3 Å². The van der Waals surface area contributed by atoms with Gasteiger partial charge >= 0.3 is 0 Å². The van der Waals surface area contributed by atoms with E-state index < -0.39 is 0 Å². The molecule has 0 bridgehead atoms. The Morgan fingerprint density at radius 1 is 1.06 bits per heavy atom. The summed E-state index contributed by atoms with van der Waals surface area (Å²) in [7, 11) is 0. The van der Waals surface area contributed by atoms with Gasteiger partial charge in [-0.05, 0) is 57.5 Å². The summed E-state index contributed by atoms with van der Waals surface area (Å²) in [6.45, 7) is 4.75. The van der Waals surface area contributed by atoms with E-state index in [1.165, 1.54) is 58.0 Å². The molecule has 0 aromatic rings. The molecule has 1 aliphatic carbocycles. The maximum Gasteiger partial charge on any atom is 0.0695 e. The van der Waals surface area contributed by atoms with Crippen LogP contribution in [-0.2, 0) is 0 Å². The smallest absolute Gasteiger partial charge is 0.0695 e. The molecule has 3 atom stereocenters. The van der Waals surface area contributed by atoms with Gasteiger partial charge in [-0.3, -0.25) is 4.90 Å². The SMILES string of the molecule is CCCC1CCCN([C@H]2CCC[C@@H]2O)CC1. The molecular weight excluding hydrogens is 198 g/mol. The molecule has 2 fully saturated rings. The van der Waals surface area contributed by atoms with Crippen LogP contribution in [0, 0.1) is 5.92 Å². The van der Waals surface area contributed by atoms with E-state index in [4.69, 9.17) is 0 Å². The second-order valence-corrected chi connectivity index (χ2v) is 5.69. The zero-order chi connectivity index (χ0) is 11.4. The van der Waals surface area contributed by atoms with Gasteiger partial charge in [0.2, 0.25) is 0 Å². The molecule has 2 nitrogen and oxygen atoms in total. The Morgan fingerprint density at radius 2 is 1.94 bits per heavy atom. The molecular formula is C14H27NO. The Kier molecular flexibility index (Phi) is 4.66. The molecule has 16 heavy (non-hydrogen) atoms. The largest absolute Gasteiger partial charge is 0.391 e. The number of aliphatic hydroxyl groups excluding tert-OH is 1. The van der Waals surface area contributed by atoms with Crippen molar-refractivity contribution in [1.29, 1.82) is 0 Å². The Labute approximate surface area is 100 Å². The van der Waals surface area contributed by atoms with Crippen LogP contribution in [0.2, 0.25) is 0 Å². The van der Waals surface area contributed by atoms with Crippen LogP contribution in [0.25, 0.3) is 0 Å². The fourth-order valence-electron chi connectivity index (χ4n) is 3.56. The van der Waals surface area contributed by atoms with Crippen LogP contribution >= 0.6 is 0 Å². The molecule has 1 aliphatic heterocycles. The summed E-state index contributed by atoms with van der Waals surface area (Å²) in [5, 5.41) is 9.96. The van der Waals surface area contributed by atoms with E-state index in [9.17, 15) is 5.11 Å². The lowest BCUT2D eigenvalue weighted by molar-refractivity contribution is 0.0720. The van der Waals surface area contributed by atoms with E-state index in [0.29, 0.717) is 6.04 Å². The molecule has 2 heteroatoms. The molecule has 0 aromatic carbocycles. The molecule has 0 spiro atoms.